The SMILES string of the molecule is CCOc1ccccc1NC(=O)CSc1nc2cc(C)[nH]c2c(=O)n1CCC(C)C. The predicted octanol–water partition coefficient (Wildman–Crippen LogP) is 4.21. The maximum Gasteiger partial charge on any atom is 0.278 e. The van der Waals surface area contributed by atoms with Crippen LogP contribution in [-0.4, -0.2) is 32.8 Å². The van der Waals surface area contributed by atoms with Gasteiger partial charge in [0, 0.05) is 12.2 Å². The van der Waals surface area contributed by atoms with Crippen molar-refractivity contribution < 1.29 is 9.53 Å². The number of aromatic nitrogens is 3. The summed E-state index contributed by atoms with van der Waals surface area (Å²) in [5.74, 6) is 1.05. The molecule has 0 fully saturated rings. The fourth-order valence-electron chi connectivity index (χ4n) is 3.07. The number of para-hydroxylation sites is 2. The molecular weight excluding hydrogens is 400 g/mol. The third-order valence-corrected chi connectivity index (χ3v) is 5.54. The van der Waals surface area contributed by atoms with E-state index in [2.05, 4.69) is 29.1 Å². The predicted molar refractivity (Wildman–Crippen MR) is 122 cm³/mol. The van der Waals surface area contributed by atoms with Gasteiger partial charge in [-0.2, -0.15) is 0 Å². The van der Waals surface area contributed by atoms with Crippen LogP contribution in [0.4, 0.5) is 5.69 Å². The number of ether oxygens (including phenoxy) is 1. The molecular formula is C22H28N4O3S. The van der Waals surface area contributed by atoms with Crippen molar-refractivity contribution in [3.63, 3.8) is 0 Å². The highest BCUT2D eigenvalue weighted by Gasteiger charge is 2.16. The number of aryl methyl sites for hydroxylation is 1. The summed E-state index contributed by atoms with van der Waals surface area (Å²) in [5.41, 5.74) is 2.56. The van der Waals surface area contributed by atoms with E-state index in [9.17, 15) is 9.59 Å². The van der Waals surface area contributed by atoms with E-state index in [1.54, 1.807) is 10.6 Å². The number of hydrogen-bond donors (Lipinski definition) is 2. The molecule has 0 atom stereocenters. The average Bonchev–Trinajstić information content (AvgIpc) is 3.08. The van der Waals surface area contributed by atoms with Crippen LogP contribution < -0.4 is 15.6 Å². The van der Waals surface area contributed by atoms with Gasteiger partial charge < -0.3 is 15.0 Å². The minimum atomic E-state index is -0.179. The first kappa shape index (κ1) is 22.0. The Kier molecular flexibility index (Phi) is 7.20. The van der Waals surface area contributed by atoms with E-state index in [1.807, 2.05) is 38.1 Å². The summed E-state index contributed by atoms with van der Waals surface area (Å²) in [7, 11) is 0. The van der Waals surface area contributed by atoms with Gasteiger partial charge in [-0.3, -0.25) is 14.2 Å². The lowest BCUT2D eigenvalue weighted by molar-refractivity contribution is -0.113. The van der Waals surface area contributed by atoms with Gasteiger partial charge in [0.25, 0.3) is 5.56 Å². The van der Waals surface area contributed by atoms with E-state index in [-0.39, 0.29) is 17.2 Å². The molecule has 0 unspecified atom stereocenters. The molecule has 1 aromatic carbocycles. The second-order valence-corrected chi connectivity index (χ2v) is 8.45. The number of H-pyrrole nitrogens is 1. The molecule has 3 aromatic rings. The zero-order valence-corrected chi connectivity index (χ0v) is 18.6. The van der Waals surface area contributed by atoms with Crippen molar-refractivity contribution in [1.82, 2.24) is 14.5 Å². The van der Waals surface area contributed by atoms with Crippen LogP contribution >= 0.6 is 11.8 Å². The molecule has 0 spiro atoms. The van der Waals surface area contributed by atoms with Gasteiger partial charge in [-0.1, -0.05) is 37.7 Å². The summed E-state index contributed by atoms with van der Waals surface area (Å²) in [4.78, 5) is 33.3. The Bertz CT molecular complexity index is 1090. The summed E-state index contributed by atoms with van der Waals surface area (Å²) in [5, 5.41) is 3.44. The topological polar surface area (TPSA) is 89.0 Å². The first-order valence-electron chi connectivity index (χ1n) is 10.1. The summed E-state index contributed by atoms with van der Waals surface area (Å²) in [6.07, 6.45) is 0.855. The van der Waals surface area contributed by atoms with Gasteiger partial charge in [0.05, 0.1) is 23.6 Å². The van der Waals surface area contributed by atoms with Gasteiger partial charge in [0.1, 0.15) is 11.3 Å². The van der Waals surface area contributed by atoms with Gasteiger partial charge in [-0.25, -0.2) is 4.98 Å². The molecule has 3 rings (SSSR count). The summed E-state index contributed by atoms with van der Waals surface area (Å²) in [6.45, 7) is 9.11. The quantitative estimate of drug-likeness (QED) is 0.394. The van der Waals surface area contributed by atoms with E-state index in [4.69, 9.17) is 4.74 Å². The van der Waals surface area contributed by atoms with E-state index < -0.39 is 0 Å². The highest BCUT2D eigenvalue weighted by Crippen LogP contribution is 2.25. The van der Waals surface area contributed by atoms with Crippen LogP contribution in [-0.2, 0) is 11.3 Å². The normalized spacial score (nSPS) is 11.2. The third kappa shape index (κ3) is 5.24. The first-order chi connectivity index (χ1) is 14.4. The Balaban J connectivity index is 1.80. The molecule has 0 radical (unpaired) electrons. The molecule has 0 aliphatic rings. The molecule has 30 heavy (non-hydrogen) atoms. The molecule has 0 saturated heterocycles. The number of nitrogens with one attached hydrogen (secondary N) is 2. The number of carbonyl (C=O) groups is 1. The van der Waals surface area contributed by atoms with E-state index in [0.717, 1.165) is 12.1 Å². The Morgan fingerprint density at radius 2 is 2.10 bits per heavy atom. The second-order valence-electron chi connectivity index (χ2n) is 7.51. The smallest absolute Gasteiger partial charge is 0.278 e. The molecule has 2 aromatic heterocycles. The zero-order valence-electron chi connectivity index (χ0n) is 17.8. The van der Waals surface area contributed by atoms with Gasteiger partial charge in [-0.15, -0.1) is 0 Å². The minimum Gasteiger partial charge on any atom is -0.492 e. The van der Waals surface area contributed by atoms with Crippen molar-refractivity contribution in [2.75, 3.05) is 17.7 Å². The Hall–Kier alpha value is -2.74. The summed E-state index contributed by atoms with van der Waals surface area (Å²) < 4.78 is 7.23. The lowest BCUT2D eigenvalue weighted by Gasteiger charge is -2.14. The molecule has 1 amide bonds. The Morgan fingerprint density at radius 1 is 1.33 bits per heavy atom. The summed E-state index contributed by atoms with van der Waals surface area (Å²) in [6, 6.07) is 9.18. The molecule has 0 bridgehead atoms. The van der Waals surface area contributed by atoms with Crippen molar-refractivity contribution in [3.8, 4) is 5.75 Å². The molecule has 0 aliphatic heterocycles. The van der Waals surface area contributed by atoms with Crippen molar-refractivity contribution in [3.05, 3.63) is 46.4 Å². The van der Waals surface area contributed by atoms with E-state index >= 15 is 0 Å². The number of fused-ring (bicyclic) bond motifs is 1. The van der Waals surface area contributed by atoms with Crippen LogP contribution in [0.5, 0.6) is 5.75 Å². The molecule has 8 heteroatoms. The second kappa shape index (κ2) is 9.84. The number of amides is 1. The van der Waals surface area contributed by atoms with E-state index in [0.29, 0.717) is 46.7 Å². The molecule has 0 aliphatic carbocycles. The largest absolute Gasteiger partial charge is 0.492 e. The first-order valence-corrected chi connectivity index (χ1v) is 11.1. The van der Waals surface area contributed by atoms with Crippen LogP contribution in [0.3, 0.4) is 0 Å². The maximum atomic E-state index is 13.0. The lowest BCUT2D eigenvalue weighted by Crippen LogP contribution is -2.25. The maximum absolute atomic E-state index is 13.0. The number of hydrogen-bond acceptors (Lipinski definition) is 5. The molecule has 7 nitrogen and oxygen atoms in total. The van der Waals surface area contributed by atoms with Crippen LogP contribution in [0.2, 0.25) is 0 Å². The average molecular weight is 429 g/mol. The number of carbonyl (C=O) groups excluding carboxylic acids is 1. The molecule has 160 valence electrons. The Labute approximate surface area is 180 Å². The number of anilines is 1. The fraction of sp³-hybridized carbons (Fsp3) is 0.409. The third-order valence-electron chi connectivity index (χ3n) is 4.56. The molecule has 0 saturated carbocycles. The number of nitrogens with zero attached hydrogens (tertiary/aromatic N) is 2. The number of rotatable bonds is 9. The molecule has 2 heterocycles. The molecule has 2 N–H and O–H groups in total. The van der Waals surface area contributed by atoms with Gasteiger partial charge in [0.15, 0.2) is 5.16 Å². The highest BCUT2D eigenvalue weighted by molar-refractivity contribution is 7.99. The monoisotopic (exact) mass is 428 g/mol. The van der Waals surface area contributed by atoms with Crippen molar-refractivity contribution in [1.29, 1.82) is 0 Å². The number of thioether (sulfide) groups is 1. The van der Waals surface area contributed by atoms with Gasteiger partial charge in [-0.05, 0) is 44.4 Å². The Morgan fingerprint density at radius 3 is 2.83 bits per heavy atom. The lowest BCUT2D eigenvalue weighted by atomic mass is 10.1. The standard InChI is InChI=1S/C22H28N4O3S/c1-5-29-18-9-7-6-8-16(18)24-19(27)13-30-22-25-17-12-15(4)23-20(17)21(28)26(22)11-10-14(2)3/h6-9,12,14,23H,5,10-11,13H2,1-4H3,(H,24,27). The summed E-state index contributed by atoms with van der Waals surface area (Å²) >= 11 is 1.27. The van der Waals surface area contributed by atoms with Crippen molar-refractivity contribution in [2.24, 2.45) is 5.92 Å². The van der Waals surface area contributed by atoms with Crippen molar-refractivity contribution >= 4 is 34.4 Å². The van der Waals surface area contributed by atoms with Crippen LogP contribution in [0.25, 0.3) is 11.0 Å². The van der Waals surface area contributed by atoms with E-state index in [1.165, 1.54) is 11.8 Å². The van der Waals surface area contributed by atoms with Gasteiger partial charge >= 0.3 is 0 Å². The minimum absolute atomic E-state index is 0.0988. The van der Waals surface area contributed by atoms with Gasteiger partial charge in [0.2, 0.25) is 5.91 Å². The van der Waals surface area contributed by atoms with Crippen molar-refractivity contribution in [2.45, 2.75) is 45.8 Å². The number of benzene rings is 1. The fourth-order valence-corrected chi connectivity index (χ4v) is 3.90. The van der Waals surface area contributed by atoms with Crippen LogP contribution in [0, 0.1) is 12.8 Å². The number of aromatic amines is 1. The van der Waals surface area contributed by atoms with Crippen LogP contribution in [0.1, 0.15) is 32.9 Å². The highest BCUT2D eigenvalue weighted by atomic mass is 32.2. The zero-order chi connectivity index (χ0) is 21.7. The van der Waals surface area contributed by atoms with Crippen LogP contribution in [0.15, 0.2) is 40.3 Å².